The molecule has 0 aromatic carbocycles. The molecule has 0 atom stereocenters. The highest BCUT2D eigenvalue weighted by atomic mass is 32.2. The maximum atomic E-state index is 3.26. The van der Waals surface area contributed by atoms with Crippen LogP contribution in [0.25, 0.3) is 0 Å². The van der Waals surface area contributed by atoms with Crippen LogP contribution in [0.2, 0.25) is 0 Å². The minimum Gasteiger partial charge on any atom is -0.116 e. The van der Waals surface area contributed by atoms with Crippen LogP contribution in [0.1, 0.15) is 19.3 Å². The Kier molecular flexibility index (Phi) is 1.38. The van der Waals surface area contributed by atoms with Crippen LogP contribution < -0.4 is 0 Å². The highest BCUT2D eigenvalue weighted by molar-refractivity contribution is 8.05. The third kappa shape index (κ3) is 0.940. The van der Waals surface area contributed by atoms with Crippen molar-refractivity contribution in [2.75, 3.05) is 0 Å². The Balaban J connectivity index is 2.28. The molecule has 0 saturated heterocycles. The summed E-state index contributed by atoms with van der Waals surface area (Å²) in [6.07, 6.45) is 8.08. The summed E-state index contributed by atoms with van der Waals surface area (Å²) in [6, 6.07) is 0. The molecular formula is C8H8S. The predicted molar refractivity (Wildman–Crippen MR) is 40.9 cm³/mol. The number of thioether (sulfide) groups is 1. The van der Waals surface area contributed by atoms with E-state index in [0.717, 1.165) is 6.42 Å². The smallest absolute Gasteiger partial charge is 0.0579 e. The lowest BCUT2D eigenvalue weighted by Crippen LogP contribution is -1.84. The Bertz CT molecular complexity index is 177. The predicted octanol–water partition coefficient (Wildman–Crippen LogP) is 2.77. The first-order valence-electron chi connectivity index (χ1n) is 3.25. The molecule has 2 rings (SSSR count). The van der Waals surface area contributed by atoms with Crippen molar-refractivity contribution in [2.45, 2.75) is 19.3 Å². The first kappa shape index (κ1) is 5.60. The molecule has 0 nitrogen and oxygen atoms in total. The summed E-state index contributed by atoms with van der Waals surface area (Å²) in [4.78, 5) is 1.46. The molecule has 2 aliphatic rings. The van der Waals surface area contributed by atoms with E-state index in [0.29, 0.717) is 0 Å². The van der Waals surface area contributed by atoms with Gasteiger partial charge in [-0.25, -0.2) is 0 Å². The first-order chi connectivity index (χ1) is 4.47. The Morgan fingerprint density at radius 2 is 2.56 bits per heavy atom. The van der Waals surface area contributed by atoms with Gasteiger partial charge in [0.2, 0.25) is 0 Å². The van der Waals surface area contributed by atoms with Crippen molar-refractivity contribution in [3.05, 3.63) is 28.4 Å². The van der Waals surface area contributed by atoms with E-state index < -0.39 is 0 Å². The van der Waals surface area contributed by atoms with Crippen molar-refractivity contribution in [2.24, 2.45) is 0 Å². The van der Waals surface area contributed by atoms with Crippen LogP contribution in [0.5, 0.6) is 0 Å². The standard InChI is InChI=1S/C8H8S/c1-2-4-8-7(3-1)5-6-9-8/h2,4H,1,3,5H2. The van der Waals surface area contributed by atoms with Gasteiger partial charge >= 0.3 is 0 Å². The van der Waals surface area contributed by atoms with Gasteiger partial charge in [0, 0.05) is 4.91 Å². The van der Waals surface area contributed by atoms with E-state index in [1.807, 2.05) is 0 Å². The molecule has 0 amide bonds. The third-order valence-electron chi connectivity index (χ3n) is 1.70. The third-order valence-corrected chi connectivity index (χ3v) is 2.63. The molecule has 0 aromatic rings. The van der Waals surface area contributed by atoms with E-state index in [2.05, 4.69) is 17.9 Å². The monoisotopic (exact) mass is 136 g/mol. The van der Waals surface area contributed by atoms with Gasteiger partial charge in [0.25, 0.3) is 0 Å². The van der Waals surface area contributed by atoms with Gasteiger partial charge in [-0.3, -0.25) is 0 Å². The van der Waals surface area contributed by atoms with E-state index in [9.17, 15) is 0 Å². The number of rotatable bonds is 0. The van der Waals surface area contributed by atoms with Gasteiger partial charge in [0.15, 0.2) is 0 Å². The summed E-state index contributed by atoms with van der Waals surface area (Å²) in [6.45, 7) is 0. The summed E-state index contributed by atoms with van der Waals surface area (Å²) in [5, 5.41) is 0. The minimum absolute atomic E-state index is 1.10. The molecule has 0 aromatic heterocycles. The fourth-order valence-electron chi connectivity index (χ4n) is 1.17. The van der Waals surface area contributed by atoms with E-state index in [1.54, 1.807) is 17.3 Å². The highest BCUT2D eigenvalue weighted by Crippen LogP contribution is 2.39. The van der Waals surface area contributed by atoms with E-state index in [1.165, 1.54) is 17.7 Å². The molecule has 1 aliphatic heterocycles. The Morgan fingerprint density at radius 3 is 3.44 bits per heavy atom. The molecule has 2 radical (unpaired) electrons. The van der Waals surface area contributed by atoms with Crippen LogP contribution in [0, 0.1) is 5.75 Å². The molecule has 0 saturated carbocycles. The fourth-order valence-corrected chi connectivity index (χ4v) is 2.06. The van der Waals surface area contributed by atoms with Gasteiger partial charge in [-0.1, -0.05) is 17.7 Å². The summed E-state index contributed by atoms with van der Waals surface area (Å²) >= 11 is 1.77. The lowest BCUT2D eigenvalue weighted by Gasteiger charge is -2.04. The lowest BCUT2D eigenvalue weighted by molar-refractivity contribution is 0.924. The van der Waals surface area contributed by atoms with Gasteiger partial charge in [-0.15, -0.1) is 11.8 Å². The summed E-state index contributed by atoms with van der Waals surface area (Å²) in [7, 11) is 0. The van der Waals surface area contributed by atoms with Crippen molar-refractivity contribution >= 4 is 11.8 Å². The van der Waals surface area contributed by atoms with E-state index in [-0.39, 0.29) is 0 Å². The van der Waals surface area contributed by atoms with Crippen molar-refractivity contribution in [1.82, 2.24) is 0 Å². The molecule has 1 aliphatic carbocycles. The van der Waals surface area contributed by atoms with Crippen LogP contribution in [-0.2, 0) is 0 Å². The summed E-state index contributed by atoms with van der Waals surface area (Å²) in [5.41, 5.74) is 1.60. The molecule has 1 heterocycles. The van der Waals surface area contributed by atoms with Crippen molar-refractivity contribution in [3.63, 3.8) is 0 Å². The minimum atomic E-state index is 1.10. The molecule has 0 fully saturated rings. The molecule has 0 spiro atoms. The molecule has 0 unspecified atom stereocenters. The van der Waals surface area contributed by atoms with Crippen LogP contribution in [0.4, 0.5) is 0 Å². The average Bonchev–Trinajstić information content (AvgIpc) is 2.33. The molecule has 0 bridgehead atoms. The molecule has 0 N–H and O–H groups in total. The lowest BCUT2D eigenvalue weighted by atomic mass is 10.0. The number of hydrogen-bond acceptors (Lipinski definition) is 1. The van der Waals surface area contributed by atoms with Gasteiger partial charge in [-0.2, -0.15) is 0 Å². The number of allylic oxidation sites excluding steroid dienone is 3. The average molecular weight is 136 g/mol. The van der Waals surface area contributed by atoms with Crippen molar-refractivity contribution in [3.8, 4) is 0 Å². The largest absolute Gasteiger partial charge is 0.116 e. The van der Waals surface area contributed by atoms with E-state index >= 15 is 0 Å². The molecule has 46 valence electrons. The fraction of sp³-hybridized carbons (Fsp3) is 0.375. The van der Waals surface area contributed by atoms with Crippen molar-refractivity contribution in [1.29, 1.82) is 0 Å². The second kappa shape index (κ2) is 2.22. The van der Waals surface area contributed by atoms with Crippen LogP contribution >= 0.6 is 11.8 Å². The van der Waals surface area contributed by atoms with Crippen LogP contribution in [0.15, 0.2) is 22.6 Å². The van der Waals surface area contributed by atoms with Gasteiger partial charge in [-0.05, 0) is 19.3 Å². The zero-order chi connectivity index (χ0) is 6.10. The first-order valence-corrected chi connectivity index (χ1v) is 4.07. The Labute approximate surface area is 60.0 Å². The quantitative estimate of drug-likeness (QED) is 0.493. The second-order valence-corrected chi connectivity index (χ2v) is 3.26. The van der Waals surface area contributed by atoms with Crippen LogP contribution in [0.3, 0.4) is 0 Å². The molecule has 1 heteroatoms. The maximum Gasteiger partial charge on any atom is 0.0579 e. The normalized spacial score (nSPS) is 24.9. The SMILES string of the molecule is [C]1CC2=C(C=CCC2)S1. The van der Waals surface area contributed by atoms with E-state index in [4.69, 9.17) is 0 Å². The van der Waals surface area contributed by atoms with Gasteiger partial charge in [0.1, 0.15) is 0 Å². The van der Waals surface area contributed by atoms with Crippen LogP contribution in [-0.4, -0.2) is 0 Å². The van der Waals surface area contributed by atoms with Gasteiger partial charge < -0.3 is 0 Å². The molecule has 9 heavy (non-hydrogen) atoms. The summed E-state index contributed by atoms with van der Waals surface area (Å²) in [5.74, 6) is 3.26. The maximum absolute atomic E-state index is 3.26. The Hall–Kier alpha value is -0.170. The highest BCUT2D eigenvalue weighted by Gasteiger charge is 2.14. The van der Waals surface area contributed by atoms with Gasteiger partial charge in [0.05, 0.1) is 5.75 Å². The topological polar surface area (TPSA) is 0 Å². The zero-order valence-electron chi connectivity index (χ0n) is 5.18. The Morgan fingerprint density at radius 1 is 1.56 bits per heavy atom. The summed E-state index contributed by atoms with van der Waals surface area (Å²) < 4.78 is 0. The number of hydrogen-bond donors (Lipinski definition) is 0. The van der Waals surface area contributed by atoms with Crippen molar-refractivity contribution < 1.29 is 0 Å². The zero-order valence-corrected chi connectivity index (χ0v) is 6.00. The molecular weight excluding hydrogens is 128 g/mol. The second-order valence-electron chi connectivity index (χ2n) is 2.33.